The van der Waals surface area contributed by atoms with Gasteiger partial charge in [0.2, 0.25) is 0 Å². The van der Waals surface area contributed by atoms with Crippen molar-refractivity contribution in [1.82, 2.24) is 4.90 Å². The van der Waals surface area contributed by atoms with E-state index >= 15 is 0 Å². The summed E-state index contributed by atoms with van der Waals surface area (Å²) in [5.74, 6) is -0.0815. The summed E-state index contributed by atoms with van der Waals surface area (Å²) in [4.78, 5) is 44.9. The Kier molecular flexibility index (Phi) is 7.98. The molecule has 0 unspecified atom stereocenters. The second-order valence-corrected chi connectivity index (χ2v) is 11.7. The molecule has 1 saturated heterocycles. The van der Waals surface area contributed by atoms with Crippen LogP contribution in [0.3, 0.4) is 0 Å². The van der Waals surface area contributed by atoms with Gasteiger partial charge in [-0.25, -0.2) is 0 Å². The summed E-state index contributed by atoms with van der Waals surface area (Å²) in [5.41, 5.74) is 5.58. The zero-order valence-electron chi connectivity index (χ0n) is 23.7. The van der Waals surface area contributed by atoms with Crippen molar-refractivity contribution >= 4 is 46.7 Å². The molecule has 0 radical (unpaired) electrons. The number of aryl methyl sites for hydroxylation is 1. The van der Waals surface area contributed by atoms with Crippen LogP contribution in [0.2, 0.25) is 0 Å². The molecule has 216 valence electrons. The second-order valence-electron chi connectivity index (χ2n) is 10.6. The molecule has 0 aromatic heterocycles. The largest absolute Gasteiger partial charge is 0.368 e. The van der Waals surface area contributed by atoms with Crippen molar-refractivity contribution in [2.45, 2.75) is 18.4 Å². The minimum atomic E-state index is -0.408. The van der Waals surface area contributed by atoms with E-state index in [1.54, 1.807) is 12.1 Å². The molecule has 43 heavy (non-hydrogen) atoms. The van der Waals surface area contributed by atoms with Crippen molar-refractivity contribution < 1.29 is 14.5 Å². The smallest absolute Gasteiger partial charge is 0.269 e. The first-order valence-electron chi connectivity index (χ1n) is 14.1. The summed E-state index contributed by atoms with van der Waals surface area (Å²) in [5, 5.41) is 10.9. The fourth-order valence-corrected chi connectivity index (χ4v) is 6.44. The summed E-state index contributed by atoms with van der Waals surface area (Å²) >= 11 is 1.47. The number of carbonyl (C=O) groups is 2. The third-order valence-corrected chi connectivity index (χ3v) is 8.95. The molecule has 0 bridgehead atoms. The van der Waals surface area contributed by atoms with E-state index in [1.807, 2.05) is 76.5 Å². The number of fused-ring (bicyclic) bond motifs is 1. The van der Waals surface area contributed by atoms with Crippen molar-refractivity contribution in [1.29, 1.82) is 0 Å². The number of para-hydroxylation sites is 1. The summed E-state index contributed by atoms with van der Waals surface area (Å²) in [6.07, 6.45) is 1.89. The molecule has 1 fully saturated rings. The average Bonchev–Trinajstić information content (AvgIpc) is 3.04. The highest BCUT2D eigenvalue weighted by molar-refractivity contribution is 8.04. The molecule has 0 aliphatic carbocycles. The van der Waals surface area contributed by atoms with Crippen LogP contribution in [0.1, 0.15) is 27.0 Å². The van der Waals surface area contributed by atoms with E-state index in [2.05, 4.69) is 24.0 Å². The third kappa shape index (κ3) is 6.03. The monoisotopic (exact) mass is 590 g/mol. The van der Waals surface area contributed by atoms with E-state index in [4.69, 9.17) is 0 Å². The molecule has 0 saturated carbocycles. The molecule has 0 spiro atoms. The molecule has 9 heteroatoms. The van der Waals surface area contributed by atoms with Crippen LogP contribution in [0.4, 0.5) is 17.1 Å². The lowest BCUT2D eigenvalue weighted by molar-refractivity contribution is -0.384. The molecule has 0 N–H and O–H groups in total. The topological polar surface area (TPSA) is 87.0 Å². The Morgan fingerprint density at radius 1 is 0.884 bits per heavy atom. The number of hydrogen-bond donors (Lipinski definition) is 0. The number of nitrogens with zero attached hydrogens (tertiary/aromatic N) is 4. The first kappa shape index (κ1) is 28.2. The van der Waals surface area contributed by atoms with Crippen LogP contribution in [0, 0.1) is 17.0 Å². The van der Waals surface area contributed by atoms with Crippen LogP contribution >= 0.6 is 11.8 Å². The van der Waals surface area contributed by atoms with Crippen molar-refractivity contribution in [3.05, 3.63) is 134 Å². The van der Waals surface area contributed by atoms with Crippen molar-refractivity contribution in [2.75, 3.05) is 36.0 Å². The summed E-state index contributed by atoms with van der Waals surface area (Å²) in [7, 11) is 0. The van der Waals surface area contributed by atoms with Crippen molar-refractivity contribution in [3.63, 3.8) is 0 Å². The number of hydrogen-bond acceptors (Lipinski definition) is 6. The number of anilines is 2. The van der Waals surface area contributed by atoms with Crippen LogP contribution in [0.25, 0.3) is 6.08 Å². The van der Waals surface area contributed by atoms with Crippen LogP contribution in [-0.4, -0.2) is 47.8 Å². The molecular formula is C34H30N4O4S. The number of thioether (sulfide) groups is 1. The van der Waals surface area contributed by atoms with Gasteiger partial charge < -0.3 is 14.7 Å². The molecule has 2 amide bonds. The van der Waals surface area contributed by atoms with Gasteiger partial charge >= 0.3 is 0 Å². The van der Waals surface area contributed by atoms with Crippen LogP contribution in [-0.2, 0) is 11.3 Å². The number of carbonyl (C=O) groups excluding carboxylic acids is 2. The lowest BCUT2D eigenvalue weighted by Crippen LogP contribution is -2.48. The van der Waals surface area contributed by atoms with Gasteiger partial charge in [-0.05, 0) is 66.1 Å². The number of nitro benzene ring substituents is 1. The molecule has 0 atom stereocenters. The van der Waals surface area contributed by atoms with Gasteiger partial charge in [0.1, 0.15) is 0 Å². The number of piperazine rings is 1. The molecule has 4 aromatic carbocycles. The molecular weight excluding hydrogens is 560 g/mol. The Bertz CT molecular complexity index is 1710. The van der Waals surface area contributed by atoms with E-state index in [0.29, 0.717) is 43.2 Å². The normalized spacial score (nSPS) is 15.9. The van der Waals surface area contributed by atoms with Gasteiger partial charge in [0.25, 0.3) is 17.5 Å². The fraction of sp³-hybridized carbons (Fsp3) is 0.176. The third-order valence-electron chi connectivity index (χ3n) is 7.87. The van der Waals surface area contributed by atoms with E-state index in [0.717, 1.165) is 33.0 Å². The summed E-state index contributed by atoms with van der Waals surface area (Å²) in [6, 6.07) is 30.0. The first-order valence-corrected chi connectivity index (χ1v) is 14.9. The zero-order valence-corrected chi connectivity index (χ0v) is 24.5. The quantitative estimate of drug-likeness (QED) is 0.144. The lowest BCUT2D eigenvalue weighted by atomic mass is 10.1. The number of amides is 2. The van der Waals surface area contributed by atoms with E-state index in [1.165, 1.54) is 23.9 Å². The van der Waals surface area contributed by atoms with Crippen molar-refractivity contribution in [2.24, 2.45) is 0 Å². The fourth-order valence-electron chi connectivity index (χ4n) is 5.39. The highest BCUT2D eigenvalue weighted by Crippen LogP contribution is 2.42. The molecule has 6 rings (SSSR count). The SMILES string of the molecule is Cc1ccccc1CN1C(=O)C(=Cc2ccc(C(=O)N3CCN(c4ccc([N+](=O)[O-])cc4)CC3)cc2)Sc2ccccc21. The van der Waals surface area contributed by atoms with Gasteiger partial charge in [0, 0.05) is 54.5 Å². The zero-order chi connectivity index (χ0) is 29.9. The van der Waals surface area contributed by atoms with Gasteiger partial charge in [-0.3, -0.25) is 19.7 Å². The average molecular weight is 591 g/mol. The Labute approximate surface area is 254 Å². The second kappa shape index (κ2) is 12.1. The maximum absolute atomic E-state index is 13.7. The molecule has 4 aromatic rings. The standard InChI is InChI=1S/C34H30N4O4S/c1-24-6-2-3-7-27(24)23-37-30-8-4-5-9-31(30)43-32(34(37)40)22-25-10-12-26(13-11-25)33(39)36-20-18-35(19-21-36)28-14-16-29(17-15-28)38(41)42/h2-17,22H,18-21,23H2,1H3. The first-order chi connectivity index (χ1) is 20.9. The minimum absolute atomic E-state index is 0.0380. The predicted molar refractivity (Wildman–Crippen MR) is 170 cm³/mol. The number of rotatable bonds is 6. The van der Waals surface area contributed by atoms with E-state index in [-0.39, 0.29) is 17.5 Å². The molecule has 2 aliphatic heterocycles. The Balaban J connectivity index is 1.14. The van der Waals surface area contributed by atoms with Crippen LogP contribution in [0.5, 0.6) is 0 Å². The maximum Gasteiger partial charge on any atom is 0.269 e. The van der Waals surface area contributed by atoms with Crippen LogP contribution in [0.15, 0.2) is 107 Å². The number of non-ortho nitro benzene ring substituents is 1. The number of benzene rings is 4. The Hall–Kier alpha value is -4.89. The van der Waals surface area contributed by atoms with Crippen molar-refractivity contribution in [3.8, 4) is 0 Å². The highest BCUT2D eigenvalue weighted by atomic mass is 32.2. The highest BCUT2D eigenvalue weighted by Gasteiger charge is 2.29. The predicted octanol–water partition coefficient (Wildman–Crippen LogP) is 6.55. The summed E-state index contributed by atoms with van der Waals surface area (Å²) < 4.78 is 0. The summed E-state index contributed by atoms with van der Waals surface area (Å²) in [6.45, 7) is 4.96. The minimum Gasteiger partial charge on any atom is -0.368 e. The maximum atomic E-state index is 13.7. The van der Waals surface area contributed by atoms with Gasteiger partial charge in [-0.2, -0.15) is 0 Å². The van der Waals surface area contributed by atoms with Crippen LogP contribution < -0.4 is 9.80 Å². The molecule has 8 nitrogen and oxygen atoms in total. The number of nitro groups is 1. The molecule has 2 aliphatic rings. The van der Waals surface area contributed by atoms with Gasteiger partial charge in [-0.15, -0.1) is 0 Å². The lowest BCUT2D eigenvalue weighted by Gasteiger charge is -2.36. The Morgan fingerprint density at radius 3 is 2.26 bits per heavy atom. The Morgan fingerprint density at radius 2 is 1.56 bits per heavy atom. The van der Waals surface area contributed by atoms with E-state index in [9.17, 15) is 19.7 Å². The molecule has 2 heterocycles. The van der Waals surface area contributed by atoms with E-state index < -0.39 is 4.92 Å². The van der Waals surface area contributed by atoms with Gasteiger partial charge in [0.15, 0.2) is 0 Å². The van der Waals surface area contributed by atoms with Gasteiger partial charge in [0.05, 0.1) is 22.1 Å². The van der Waals surface area contributed by atoms with Gasteiger partial charge in [-0.1, -0.05) is 60.3 Å².